The highest BCUT2D eigenvalue weighted by Crippen LogP contribution is 2.25. The van der Waals surface area contributed by atoms with Gasteiger partial charge in [-0.25, -0.2) is 0 Å². The van der Waals surface area contributed by atoms with E-state index in [4.69, 9.17) is 17.3 Å². The van der Waals surface area contributed by atoms with Gasteiger partial charge in [0.2, 0.25) is 0 Å². The molecule has 342 valence electrons. The third kappa shape index (κ3) is 40.3. The molecule has 0 aliphatic heterocycles. The Morgan fingerprint density at radius 3 is 1.26 bits per heavy atom. The molecule has 0 heterocycles. The maximum absolute atomic E-state index is 12.5. The van der Waals surface area contributed by atoms with Crippen molar-refractivity contribution in [1.29, 1.82) is 0 Å². The number of unbranched alkanes of at least 4 members (excludes halogenated alkanes) is 18. The average Bonchev–Trinajstić information content (AvgIpc) is 3.21. The fraction of sp³-hybridized carbons (Fsp3) is 0.961. The normalized spacial score (nSPS) is 13.2. The van der Waals surface area contributed by atoms with Crippen LogP contribution in [0.5, 0.6) is 0 Å². The zero-order valence-electron chi connectivity index (χ0n) is 39.5. The first kappa shape index (κ1) is 56.9. The van der Waals surface area contributed by atoms with Crippen molar-refractivity contribution in [3.8, 4) is 0 Å². The molecule has 0 aliphatic rings. The molecular formula is C51H100BNO5. The molecule has 0 amide bonds. The second-order valence-electron chi connectivity index (χ2n) is 18.1. The van der Waals surface area contributed by atoms with Crippen LogP contribution in [0.4, 0.5) is 0 Å². The van der Waals surface area contributed by atoms with E-state index >= 15 is 0 Å². The molecule has 0 aromatic heterocycles. The van der Waals surface area contributed by atoms with E-state index in [2.05, 4.69) is 32.6 Å². The predicted octanol–water partition coefficient (Wildman–Crippen LogP) is 14.7. The van der Waals surface area contributed by atoms with Crippen LogP contribution in [0.3, 0.4) is 0 Å². The van der Waals surface area contributed by atoms with Gasteiger partial charge in [0.05, 0.1) is 27.2 Å². The standard InChI is InChI=1S/C51H100BNO5/c1-5-9-13-15-22-34-47(32-20-11-7-3)36-30-39-50(55)57-44-28-18-17-26-42-53(43-27-19-25-41-52)46-49(54)38-24-29-45-58-51(56)40-31-37-48(33-21-12-8-4)35-23-16-14-10-6-2/h47-49,54H,5-46H2,1-4H3. The first-order chi connectivity index (χ1) is 28.4. The highest BCUT2D eigenvalue weighted by Gasteiger charge is 2.14. The summed E-state index contributed by atoms with van der Waals surface area (Å²) >= 11 is 0. The first-order valence-electron chi connectivity index (χ1n) is 25.8. The third-order valence-electron chi connectivity index (χ3n) is 12.3. The summed E-state index contributed by atoms with van der Waals surface area (Å²) in [6.07, 6.45) is 42.0. The number of carbonyl (C=O) groups excluding carboxylic acids is 2. The Bertz CT molecular complexity index is 859. The Morgan fingerprint density at radius 2 is 0.793 bits per heavy atom. The lowest BCUT2D eigenvalue weighted by molar-refractivity contribution is -0.144. The zero-order valence-corrected chi connectivity index (χ0v) is 39.5. The smallest absolute Gasteiger partial charge is 0.305 e. The van der Waals surface area contributed by atoms with E-state index in [1.165, 1.54) is 135 Å². The molecule has 0 aliphatic carbocycles. The summed E-state index contributed by atoms with van der Waals surface area (Å²) in [7, 11) is 5.73. The number of ether oxygens (including phenoxy) is 2. The molecule has 0 saturated carbocycles. The monoisotopic (exact) mass is 818 g/mol. The van der Waals surface area contributed by atoms with Gasteiger partial charge in [-0.15, -0.1) is 0 Å². The molecule has 2 radical (unpaired) electrons. The minimum absolute atomic E-state index is 0.0219. The minimum atomic E-state index is -0.367. The van der Waals surface area contributed by atoms with Crippen LogP contribution >= 0.6 is 0 Å². The summed E-state index contributed by atoms with van der Waals surface area (Å²) in [6, 6.07) is 0. The molecule has 0 rings (SSSR count). The molecule has 1 N–H and O–H groups in total. The largest absolute Gasteiger partial charge is 0.466 e. The van der Waals surface area contributed by atoms with Crippen LogP contribution in [0.15, 0.2) is 0 Å². The highest BCUT2D eigenvalue weighted by molar-refractivity contribution is 6.08. The summed E-state index contributed by atoms with van der Waals surface area (Å²) in [5.74, 6) is 1.45. The van der Waals surface area contributed by atoms with Crippen molar-refractivity contribution in [2.24, 2.45) is 11.8 Å². The average molecular weight is 818 g/mol. The van der Waals surface area contributed by atoms with Gasteiger partial charge in [0, 0.05) is 19.4 Å². The second-order valence-corrected chi connectivity index (χ2v) is 18.1. The van der Waals surface area contributed by atoms with Crippen LogP contribution in [0.25, 0.3) is 0 Å². The lowest BCUT2D eigenvalue weighted by Crippen LogP contribution is -2.34. The molecule has 6 nitrogen and oxygen atoms in total. The summed E-state index contributed by atoms with van der Waals surface area (Å²) in [5, 5.41) is 10.9. The van der Waals surface area contributed by atoms with Crippen molar-refractivity contribution in [1.82, 2.24) is 4.90 Å². The Kier molecular flexibility index (Phi) is 44.6. The van der Waals surface area contributed by atoms with Crippen molar-refractivity contribution in [2.75, 3.05) is 32.8 Å². The summed E-state index contributed by atoms with van der Waals surface area (Å²) < 4.78 is 11.2. The van der Waals surface area contributed by atoms with Crippen molar-refractivity contribution in [2.45, 2.75) is 271 Å². The van der Waals surface area contributed by atoms with Crippen LogP contribution in [0.1, 0.15) is 259 Å². The topological polar surface area (TPSA) is 76.1 Å². The molecule has 0 spiro atoms. The SMILES string of the molecule is [B]CCCCCN(CCCCCCOC(=O)CCCC(CCCCC)CCCCCCC)CC(O)CCCCOC(=O)CCCC(CCCCC)CCCCCCC. The van der Waals surface area contributed by atoms with Gasteiger partial charge in [-0.1, -0.05) is 188 Å². The number of nitrogens with zero attached hydrogens (tertiary/aromatic N) is 1. The van der Waals surface area contributed by atoms with Gasteiger partial charge >= 0.3 is 11.9 Å². The lowest BCUT2D eigenvalue weighted by Gasteiger charge is -2.25. The van der Waals surface area contributed by atoms with Gasteiger partial charge in [0.25, 0.3) is 0 Å². The number of rotatable bonds is 47. The summed E-state index contributed by atoms with van der Waals surface area (Å²) in [6.45, 7) is 12.7. The predicted molar refractivity (Wildman–Crippen MR) is 251 cm³/mol. The molecule has 3 atom stereocenters. The fourth-order valence-electron chi connectivity index (χ4n) is 8.50. The van der Waals surface area contributed by atoms with Crippen LogP contribution < -0.4 is 0 Å². The van der Waals surface area contributed by atoms with Gasteiger partial charge < -0.3 is 19.5 Å². The van der Waals surface area contributed by atoms with Crippen molar-refractivity contribution >= 4 is 19.8 Å². The van der Waals surface area contributed by atoms with Gasteiger partial charge in [-0.05, 0) is 89.1 Å². The van der Waals surface area contributed by atoms with E-state index < -0.39 is 0 Å². The van der Waals surface area contributed by atoms with E-state index in [1.807, 2.05) is 0 Å². The van der Waals surface area contributed by atoms with Gasteiger partial charge in [0.15, 0.2) is 0 Å². The highest BCUT2D eigenvalue weighted by atomic mass is 16.5. The van der Waals surface area contributed by atoms with E-state index in [0.29, 0.717) is 32.6 Å². The quantitative estimate of drug-likeness (QED) is 0.0374. The Labute approximate surface area is 363 Å². The van der Waals surface area contributed by atoms with Crippen molar-refractivity contribution in [3.05, 3.63) is 0 Å². The molecule has 0 aromatic carbocycles. The van der Waals surface area contributed by atoms with Gasteiger partial charge in [0.1, 0.15) is 0 Å². The Hall–Kier alpha value is -1.08. The Balaban J connectivity index is 4.28. The van der Waals surface area contributed by atoms with Crippen LogP contribution in [-0.4, -0.2) is 68.7 Å². The molecule has 0 aromatic rings. The number of esters is 2. The third-order valence-corrected chi connectivity index (χ3v) is 12.3. The molecule has 0 saturated heterocycles. The lowest BCUT2D eigenvalue weighted by atomic mass is 9.90. The van der Waals surface area contributed by atoms with Crippen molar-refractivity contribution < 1.29 is 24.2 Å². The molecular weight excluding hydrogens is 717 g/mol. The van der Waals surface area contributed by atoms with Crippen molar-refractivity contribution in [3.63, 3.8) is 0 Å². The molecule has 7 heteroatoms. The number of hydrogen-bond donors (Lipinski definition) is 1. The number of carbonyl (C=O) groups is 2. The fourth-order valence-corrected chi connectivity index (χ4v) is 8.50. The van der Waals surface area contributed by atoms with Crippen LogP contribution in [0.2, 0.25) is 6.32 Å². The minimum Gasteiger partial charge on any atom is -0.466 e. The molecule has 3 unspecified atom stereocenters. The Morgan fingerprint density at radius 1 is 0.448 bits per heavy atom. The van der Waals surface area contributed by atoms with E-state index in [0.717, 1.165) is 115 Å². The zero-order chi connectivity index (χ0) is 42.6. The van der Waals surface area contributed by atoms with E-state index in [-0.39, 0.29) is 18.0 Å². The van der Waals surface area contributed by atoms with Gasteiger partial charge in [-0.3, -0.25) is 9.59 Å². The molecule has 0 fully saturated rings. The number of aliphatic hydroxyl groups is 1. The van der Waals surface area contributed by atoms with E-state index in [9.17, 15) is 14.7 Å². The summed E-state index contributed by atoms with van der Waals surface area (Å²) in [5.41, 5.74) is 0. The van der Waals surface area contributed by atoms with Crippen LogP contribution in [-0.2, 0) is 19.1 Å². The first-order valence-corrected chi connectivity index (χ1v) is 25.8. The molecule has 58 heavy (non-hydrogen) atoms. The van der Waals surface area contributed by atoms with E-state index in [1.54, 1.807) is 0 Å². The maximum Gasteiger partial charge on any atom is 0.305 e. The number of aliphatic hydroxyl groups excluding tert-OH is 1. The molecule has 0 bridgehead atoms. The number of hydrogen-bond acceptors (Lipinski definition) is 6. The van der Waals surface area contributed by atoms with Crippen LogP contribution in [0, 0.1) is 11.8 Å². The second kappa shape index (κ2) is 45.5. The summed E-state index contributed by atoms with van der Waals surface area (Å²) in [4.78, 5) is 27.3. The maximum atomic E-state index is 12.5. The van der Waals surface area contributed by atoms with Gasteiger partial charge in [-0.2, -0.15) is 0 Å².